The number of rotatable bonds is 25. The van der Waals surface area contributed by atoms with E-state index in [0.29, 0.717) is 18.9 Å². The molecule has 0 spiro atoms. The van der Waals surface area contributed by atoms with E-state index in [2.05, 4.69) is 23.4 Å². The normalized spacial score (nSPS) is 19.2. The molecule has 0 N–H and O–H groups in total. The second-order valence-corrected chi connectivity index (χ2v) is 12.0. The predicted molar refractivity (Wildman–Crippen MR) is 157 cm³/mol. The van der Waals surface area contributed by atoms with E-state index in [1.54, 1.807) is 0 Å². The number of esters is 1. The lowest BCUT2D eigenvalue weighted by Crippen LogP contribution is -2.18. The smallest absolute Gasteiger partial charge is 0.305 e. The zero-order valence-corrected chi connectivity index (χ0v) is 24.8. The fraction of sp³-hybridized carbons (Fsp3) is 0.903. The van der Waals surface area contributed by atoms with Gasteiger partial charge in [0.15, 0.2) is 0 Å². The van der Waals surface area contributed by atoms with E-state index >= 15 is 0 Å². The molecule has 0 aromatic heterocycles. The molecule has 0 radical (unpaired) electrons. The van der Waals surface area contributed by atoms with Crippen molar-refractivity contribution in [2.45, 2.75) is 135 Å². The third-order valence-electron chi connectivity index (χ3n) is 7.52. The molecule has 216 valence electrons. The molecule has 0 bridgehead atoms. The van der Waals surface area contributed by atoms with Crippen LogP contribution in [-0.4, -0.2) is 55.8 Å². The Bertz CT molecular complexity index is 573. The van der Waals surface area contributed by atoms with Crippen molar-refractivity contribution < 1.29 is 19.0 Å². The van der Waals surface area contributed by atoms with Gasteiger partial charge in [-0.2, -0.15) is 0 Å². The third kappa shape index (κ3) is 18.2. The Kier molecular flexibility index (Phi) is 20.4. The lowest BCUT2D eigenvalue weighted by Gasteiger charge is -2.14. The average Bonchev–Trinajstić information content (AvgIpc) is 3.59. The number of ether oxygens (including phenoxy) is 3. The molecule has 0 aromatic rings. The highest BCUT2D eigenvalue weighted by Crippen LogP contribution is 2.21. The summed E-state index contributed by atoms with van der Waals surface area (Å²) in [6.07, 6.45) is 26.1. The van der Waals surface area contributed by atoms with Crippen LogP contribution in [-0.2, 0) is 19.0 Å². The van der Waals surface area contributed by atoms with Crippen molar-refractivity contribution in [3.63, 3.8) is 0 Å². The van der Waals surface area contributed by atoms with Crippen LogP contribution in [0.3, 0.4) is 0 Å². The summed E-state index contributed by atoms with van der Waals surface area (Å²) < 4.78 is 17.2. The maximum absolute atomic E-state index is 12.0. The minimum absolute atomic E-state index is 0.0399. The molecule has 1 saturated heterocycles. The lowest BCUT2D eigenvalue weighted by molar-refractivity contribution is -0.147. The number of carbonyl (C=O) groups is 1. The molecule has 0 amide bonds. The summed E-state index contributed by atoms with van der Waals surface area (Å²) in [5.41, 5.74) is 0. The van der Waals surface area contributed by atoms with Crippen LogP contribution >= 0.6 is 11.8 Å². The van der Waals surface area contributed by atoms with Gasteiger partial charge in [-0.1, -0.05) is 96.8 Å². The standard InChI is InChI=1S/C31H57NO4S/c1-2-3-4-5-6-7-8-9-10-11-12-13-14-18-22-34-25-29-24-30(35-26-29)27-36-31(33)19-16-15-17-20-32-21-23-37-28-32/h21,23,29-30H,2-20,22,24-28H2,1H3. The fourth-order valence-electron chi connectivity index (χ4n) is 5.13. The van der Waals surface area contributed by atoms with Crippen LogP contribution in [0.4, 0.5) is 0 Å². The molecule has 0 saturated carbocycles. The van der Waals surface area contributed by atoms with Crippen molar-refractivity contribution in [2.75, 3.05) is 38.8 Å². The summed E-state index contributed by atoms with van der Waals surface area (Å²) in [4.78, 5) is 14.3. The van der Waals surface area contributed by atoms with Crippen molar-refractivity contribution in [1.29, 1.82) is 0 Å². The first-order valence-electron chi connectivity index (χ1n) is 15.6. The van der Waals surface area contributed by atoms with Crippen molar-refractivity contribution >= 4 is 17.7 Å². The van der Waals surface area contributed by atoms with Crippen LogP contribution < -0.4 is 0 Å². The maximum Gasteiger partial charge on any atom is 0.305 e. The monoisotopic (exact) mass is 539 g/mol. The first-order valence-corrected chi connectivity index (χ1v) is 16.7. The van der Waals surface area contributed by atoms with Gasteiger partial charge >= 0.3 is 5.97 Å². The minimum atomic E-state index is -0.0854. The maximum atomic E-state index is 12.0. The van der Waals surface area contributed by atoms with Crippen LogP contribution in [0, 0.1) is 5.92 Å². The van der Waals surface area contributed by atoms with Crippen molar-refractivity contribution in [3.8, 4) is 0 Å². The Balaban J connectivity index is 1.28. The zero-order valence-electron chi connectivity index (χ0n) is 24.0. The largest absolute Gasteiger partial charge is 0.463 e. The van der Waals surface area contributed by atoms with Crippen LogP contribution in [0.15, 0.2) is 11.6 Å². The molecule has 6 heteroatoms. The first-order chi connectivity index (χ1) is 18.3. The third-order valence-corrected chi connectivity index (χ3v) is 8.32. The summed E-state index contributed by atoms with van der Waals surface area (Å²) >= 11 is 1.83. The quantitative estimate of drug-likeness (QED) is 0.0856. The van der Waals surface area contributed by atoms with Crippen LogP contribution in [0.1, 0.15) is 129 Å². The lowest BCUT2D eigenvalue weighted by atomic mass is 10.0. The minimum Gasteiger partial charge on any atom is -0.463 e. The van der Waals surface area contributed by atoms with Crippen molar-refractivity contribution in [3.05, 3.63) is 11.6 Å². The highest BCUT2D eigenvalue weighted by Gasteiger charge is 2.26. The van der Waals surface area contributed by atoms with Crippen molar-refractivity contribution in [2.24, 2.45) is 5.92 Å². The Morgan fingerprint density at radius 1 is 0.865 bits per heavy atom. The molecular weight excluding hydrogens is 482 g/mol. The number of thioether (sulfide) groups is 1. The molecule has 2 aliphatic heterocycles. The Morgan fingerprint density at radius 3 is 2.16 bits per heavy atom. The molecule has 2 rings (SSSR count). The molecular formula is C31H57NO4S. The van der Waals surface area contributed by atoms with Gasteiger partial charge in [0.1, 0.15) is 6.61 Å². The van der Waals surface area contributed by atoms with Crippen LogP contribution in [0.5, 0.6) is 0 Å². The summed E-state index contributed by atoms with van der Waals surface area (Å²) in [7, 11) is 0. The second kappa shape index (κ2) is 23.2. The van der Waals surface area contributed by atoms with Gasteiger partial charge in [-0.3, -0.25) is 4.79 Å². The number of hydrogen-bond donors (Lipinski definition) is 0. The number of carbonyl (C=O) groups excluding carboxylic acids is 1. The molecule has 2 atom stereocenters. The molecule has 0 aromatic carbocycles. The first kappa shape index (κ1) is 32.5. The van der Waals surface area contributed by atoms with Gasteiger partial charge in [0.25, 0.3) is 0 Å². The highest BCUT2D eigenvalue weighted by atomic mass is 32.2. The van der Waals surface area contributed by atoms with E-state index in [0.717, 1.165) is 57.9 Å². The van der Waals surface area contributed by atoms with E-state index in [1.165, 1.54) is 89.9 Å². The number of hydrogen-bond acceptors (Lipinski definition) is 6. The Morgan fingerprint density at radius 2 is 1.51 bits per heavy atom. The van der Waals surface area contributed by atoms with E-state index < -0.39 is 0 Å². The highest BCUT2D eigenvalue weighted by molar-refractivity contribution is 8.02. The molecule has 37 heavy (non-hydrogen) atoms. The summed E-state index contributed by atoms with van der Waals surface area (Å²) in [6.45, 7) is 6.12. The van der Waals surface area contributed by atoms with Crippen molar-refractivity contribution in [1.82, 2.24) is 4.90 Å². The van der Waals surface area contributed by atoms with E-state index in [4.69, 9.17) is 14.2 Å². The SMILES string of the molecule is CCCCCCCCCCCCCCCCOCC1COC(COC(=O)CCCCCN2C=CSC2)C1. The predicted octanol–water partition coefficient (Wildman–Crippen LogP) is 8.47. The Hall–Kier alpha value is -0.720. The van der Waals surface area contributed by atoms with Gasteiger partial charge in [0, 0.05) is 31.7 Å². The van der Waals surface area contributed by atoms with Gasteiger partial charge in [-0.25, -0.2) is 0 Å². The van der Waals surface area contributed by atoms with Crippen LogP contribution in [0.25, 0.3) is 0 Å². The Labute approximate surface area is 232 Å². The number of nitrogens with zero attached hydrogens (tertiary/aromatic N) is 1. The molecule has 2 unspecified atom stereocenters. The van der Waals surface area contributed by atoms with Gasteiger partial charge in [-0.15, -0.1) is 11.8 Å². The van der Waals surface area contributed by atoms with Gasteiger partial charge in [0.05, 0.1) is 25.2 Å². The molecule has 2 heterocycles. The van der Waals surface area contributed by atoms with Gasteiger partial charge in [0.2, 0.25) is 0 Å². The molecule has 0 aliphatic carbocycles. The second-order valence-electron chi connectivity index (χ2n) is 11.1. The zero-order chi connectivity index (χ0) is 26.2. The molecule has 5 nitrogen and oxygen atoms in total. The van der Waals surface area contributed by atoms with Crippen LogP contribution in [0.2, 0.25) is 0 Å². The topological polar surface area (TPSA) is 48.0 Å². The van der Waals surface area contributed by atoms with Gasteiger partial charge < -0.3 is 19.1 Å². The fourth-order valence-corrected chi connectivity index (χ4v) is 5.88. The molecule has 1 fully saturated rings. The average molecular weight is 540 g/mol. The summed E-state index contributed by atoms with van der Waals surface area (Å²) in [5, 5.41) is 2.14. The van der Waals surface area contributed by atoms with E-state index in [1.807, 2.05) is 11.8 Å². The number of unbranched alkanes of at least 4 members (excludes halogenated alkanes) is 15. The van der Waals surface area contributed by atoms with E-state index in [-0.39, 0.29) is 12.1 Å². The summed E-state index contributed by atoms with van der Waals surface area (Å²) in [5.74, 6) is 1.42. The summed E-state index contributed by atoms with van der Waals surface area (Å²) in [6, 6.07) is 0. The molecule has 2 aliphatic rings. The van der Waals surface area contributed by atoms with Gasteiger partial charge in [-0.05, 0) is 31.1 Å². The van der Waals surface area contributed by atoms with E-state index in [9.17, 15) is 4.79 Å².